The smallest absolute Gasteiger partial charge is 0.148 e. The second-order valence-corrected chi connectivity index (χ2v) is 6.22. The maximum atomic E-state index is 5.44. The molecule has 21 heavy (non-hydrogen) atoms. The van der Waals surface area contributed by atoms with Gasteiger partial charge in [0.15, 0.2) is 0 Å². The first-order valence-corrected chi connectivity index (χ1v) is 8.40. The molecule has 2 aliphatic heterocycles. The summed E-state index contributed by atoms with van der Waals surface area (Å²) in [4.78, 5) is 13.7. The molecule has 1 N–H and O–H groups in total. The van der Waals surface area contributed by atoms with Crippen LogP contribution in [-0.2, 0) is 4.74 Å². The van der Waals surface area contributed by atoms with Gasteiger partial charge in [0.2, 0.25) is 0 Å². The second kappa shape index (κ2) is 6.89. The van der Waals surface area contributed by atoms with Crippen molar-refractivity contribution in [3.05, 3.63) is 10.8 Å². The molecule has 2 fully saturated rings. The van der Waals surface area contributed by atoms with E-state index in [0.717, 1.165) is 62.0 Å². The lowest BCUT2D eigenvalue weighted by Gasteiger charge is -2.32. The van der Waals surface area contributed by atoms with Crippen molar-refractivity contribution in [3.63, 3.8) is 0 Å². The van der Waals surface area contributed by atoms with E-state index < -0.39 is 0 Å². The van der Waals surface area contributed by atoms with Gasteiger partial charge in [0.1, 0.15) is 22.4 Å². The average molecular weight is 356 g/mol. The molecule has 0 bridgehead atoms. The van der Waals surface area contributed by atoms with Crippen molar-refractivity contribution >= 4 is 27.6 Å². The van der Waals surface area contributed by atoms with Gasteiger partial charge in [0.25, 0.3) is 0 Å². The number of hydrogen-bond acceptors (Lipinski definition) is 6. The summed E-state index contributed by atoms with van der Waals surface area (Å²) in [6.45, 7) is 8.81. The number of morpholine rings is 1. The Morgan fingerprint density at radius 1 is 1.33 bits per heavy atom. The Morgan fingerprint density at radius 2 is 2.14 bits per heavy atom. The average Bonchev–Trinajstić information content (AvgIpc) is 3.00. The molecule has 0 spiro atoms. The number of nitrogens with zero attached hydrogens (tertiary/aromatic N) is 4. The number of halogens is 1. The molecule has 0 aromatic carbocycles. The van der Waals surface area contributed by atoms with Crippen LogP contribution in [0, 0.1) is 0 Å². The largest absolute Gasteiger partial charge is 0.379 e. The van der Waals surface area contributed by atoms with E-state index in [9.17, 15) is 0 Å². The predicted molar refractivity (Wildman–Crippen MR) is 86.9 cm³/mol. The number of nitrogens with one attached hydrogen (secondary N) is 1. The van der Waals surface area contributed by atoms with Crippen LogP contribution in [0.2, 0.25) is 0 Å². The Balaban J connectivity index is 1.69. The molecule has 0 aliphatic carbocycles. The number of ether oxygens (including phenoxy) is 1. The number of hydrogen-bond donors (Lipinski definition) is 1. The number of rotatable bonds is 4. The highest BCUT2D eigenvalue weighted by Crippen LogP contribution is 2.32. The molecule has 1 atom stereocenters. The summed E-state index contributed by atoms with van der Waals surface area (Å²) in [5.41, 5.74) is 0. The van der Waals surface area contributed by atoms with E-state index in [2.05, 4.69) is 47.9 Å². The number of aromatic nitrogens is 2. The van der Waals surface area contributed by atoms with Crippen molar-refractivity contribution in [2.45, 2.75) is 19.4 Å². The van der Waals surface area contributed by atoms with Crippen LogP contribution < -0.4 is 10.2 Å². The van der Waals surface area contributed by atoms with Crippen LogP contribution in [0.5, 0.6) is 0 Å². The maximum Gasteiger partial charge on any atom is 0.148 e. The van der Waals surface area contributed by atoms with Crippen molar-refractivity contribution in [1.82, 2.24) is 14.9 Å². The molecular weight excluding hydrogens is 334 g/mol. The van der Waals surface area contributed by atoms with E-state index >= 15 is 0 Å². The van der Waals surface area contributed by atoms with E-state index in [4.69, 9.17) is 4.74 Å². The first-order valence-electron chi connectivity index (χ1n) is 7.60. The molecular formula is C14H22BrN5O. The molecule has 2 aliphatic rings. The quantitative estimate of drug-likeness (QED) is 0.884. The zero-order chi connectivity index (χ0) is 14.7. The van der Waals surface area contributed by atoms with Crippen LogP contribution in [0.3, 0.4) is 0 Å². The van der Waals surface area contributed by atoms with Crippen molar-refractivity contribution in [1.29, 1.82) is 0 Å². The molecule has 7 heteroatoms. The van der Waals surface area contributed by atoms with Gasteiger partial charge in [-0.15, -0.1) is 0 Å². The van der Waals surface area contributed by atoms with Crippen molar-refractivity contribution in [2.24, 2.45) is 0 Å². The van der Waals surface area contributed by atoms with Gasteiger partial charge in [-0.1, -0.05) is 0 Å². The fraction of sp³-hybridized carbons (Fsp3) is 0.714. The minimum absolute atomic E-state index is 0.610. The molecule has 0 saturated carbocycles. The Kier molecular flexibility index (Phi) is 4.92. The Morgan fingerprint density at radius 3 is 2.90 bits per heavy atom. The first kappa shape index (κ1) is 15.0. The highest BCUT2D eigenvalue weighted by molar-refractivity contribution is 9.10. The molecule has 0 radical (unpaired) electrons. The number of anilines is 2. The molecule has 116 valence electrons. The fourth-order valence-electron chi connectivity index (χ4n) is 3.05. The summed E-state index contributed by atoms with van der Waals surface area (Å²) in [7, 11) is 0. The molecule has 1 unspecified atom stereocenters. The predicted octanol–water partition coefficient (Wildman–Crippen LogP) is 1.58. The van der Waals surface area contributed by atoms with Crippen LogP contribution in [0.25, 0.3) is 0 Å². The monoisotopic (exact) mass is 355 g/mol. The van der Waals surface area contributed by atoms with Crippen molar-refractivity contribution in [3.8, 4) is 0 Å². The van der Waals surface area contributed by atoms with Gasteiger partial charge in [-0.3, -0.25) is 4.90 Å². The van der Waals surface area contributed by atoms with E-state index in [0.29, 0.717) is 6.04 Å². The van der Waals surface area contributed by atoms with Crippen molar-refractivity contribution < 1.29 is 4.74 Å². The summed E-state index contributed by atoms with van der Waals surface area (Å²) in [6, 6.07) is 0.610. The van der Waals surface area contributed by atoms with Crippen LogP contribution in [-0.4, -0.2) is 66.8 Å². The van der Waals surface area contributed by atoms with E-state index in [1.165, 1.54) is 6.42 Å². The topological polar surface area (TPSA) is 53.5 Å². The molecule has 1 aromatic rings. The molecule has 2 saturated heterocycles. The van der Waals surface area contributed by atoms with Gasteiger partial charge in [0.05, 0.1) is 13.2 Å². The molecule has 6 nitrogen and oxygen atoms in total. The Bertz CT molecular complexity index is 480. The standard InChI is InChI=1S/C14H22BrN5O/c1-2-16-13-12(15)14(18-10-17-13)20-4-3-11(9-20)19-5-7-21-8-6-19/h10-11H,2-9H2,1H3,(H,16,17,18). The summed E-state index contributed by atoms with van der Waals surface area (Å²) in [5.74, 6) is 1.87. The third kappa shape index (κ3) is 3.30. The van der Waals surface area contributed by atoms with Crippen LogP contribution >= 0.6 is 15.9 Å². The minimum Gasteiger partial charge on any atom is -0.379 e. The first-order chi connectivity index (χ1) is 10.3. The van der Waals surface area contributed by atoms with Gasteiger partial charge in [-0.2, -0.15) is 0 Å². The van der Waals surface area contributed by atoms with Gasteiger partial charge in [-0.05, 0) is 29.3 Å². The fourth-order valence-corrected chi connectivity index (χ4v) is 3.64. The SMILES string of the molecule is CCNc1ncnc(N2CCC(N3CCOCC3)C2)c1Br. The van der Waals surface area contributed by atoms with Gasteiger partial charge in [-0.25, -0.2) is 9.97 Å². The van der Waals surface area contributed by atoms with E-state index in [1.54, 1.807) is 6.33 Å². The van der Waals surface area contributed by atoms with Gasteiger partial charge < -0.3 is 15.0 Å². The Labute approximate surface area is 134 Å². The summed E-state index contributed by atoms with van der Waals surface area (Å²) in [6.07, 6.45) is 2.83. The van der Waals surface area contributed by atoms with Crippen LogP contribution in [0.15, 0.2) is 10.8 Å². The van der Waals surface area contributed by atoms with Crippen LogP contribution in [0.1, 0.15) is 13.3 Å². The lowest BCUT2D eigenvalue weighted by atomic mass is 10.2. The lowest BCUT2D eigenvalue weighted by Crippen LogP contribution is -2.44. The molecule has 0 amide bonds. The normalized spacial score (nSPS) is 23.5. The highest BCUT2D eigenvalue weighted by atomic mass is 79.9. The highest BCUT2D eigenvalue weighted by Gasteiger charge is 2.30. The third-order valence-electron chi connectivity index (χ3n) is 4.14. The molecule has 3 rings (SSSR count). The van der Waals surface area contributed by atoms with Gasteiger partial charge in [0, 0.05) is 38.8 Å². The molecule has 3 heterocycles. The van der Waals surface area contributed by atoms with Crippen LogP contribution in [0.4, 0.5) is 11.6 Å². The second-order valence-electron chi connectivity index (χ2n) is 5.43. The molecule has 1 aromatic heterocycles. The van der Waals surface area contributed by atoms with E-state index in [-0.39, 0.29) is 0 Å². The minimum atomic E-state index is 0.610. The van der Waals surface area contributed by atoms with E-state index in [1.807, 2.05) is 0 Å². The third-order valence-corrected chi connectivity index (χ3v) is 4.87. The summed E-state index contributed by atoms with van der Waals surface area (Å²) in [5, 5.41) is 3.26. The summed E-state index contributed by atoms with van der Waals surface area (Å²) < 4.78 is 6.41. The van der Waals surface area contributed by atoms with Gasteiger partial charge >= 0.3 is 0 Å². The zero-order valence-corrected chi connectivity index (χ0v) is 14.0. The zero-order valence-electron chi connectivity index (χ0n) is 12.4. The van der Waals surface area contributed by atoms with Crippen molar-refractivity contribution in [2.75, 3.05) is 56.2 Å². The lowest BCUT2D eigenvalue weighted by molar-refractivity contribution is 0.0209. The maximum absolute atomic E-state index is 5.44. The Hall–Kier alpha value is -0.920. The summed E-state index contributed by atoms with van der Waals surface area (Å²) >= 11 is 3.65.